The van der Waals surface area contributed by atoms with E-state index in [4.69, 9.17) is 0 Å². The first-order valence-electron chi connectivity index (χ1n) is 6.91. The van der Waals surface area contributed by atoms with Crippen LogP contribution in [0.15, 0.2) is 30.3 Å². The van der Waals surface area contributed by atoms with Crippen molar-refractivity contribution in [2.75, 3.05) is 18.5 Å². The van der Waals surface area contributed by atoms with Gasteiger partial charge in [-0.25, -0.2) is 0 Å². The molecule has 5 heteroatoms. The van der Waals surface area contributed by atoms with E-state index in [1.165, 1.54) is 4.90 Å². The third-order valence-corrected chi connectivity index (χ3v) is 3.79. The van der Waals surface area contributed by atoms with Gasteiger partial charge >= 0.3 is 11.8 Å². The number of aliphatic hydroxyl groups excluding tert-OH is 1. The summed E-state index contributed by atoms with van der Waals surface area (Å²) in [7, 11) is 0. The Kier molecular flexibility index (Phi) is 4.74. The maximum atomic E-state index is 12.2. The minimum Gasteiger partial charge on any atom is -0.394 e. The van der Waals surface area contributed by atoms with Gasteiger partial charge in [-0.15, -0.1) is 0 Å². The van der Waals surface area contributed by atoms with Crippen LogP contribution in [0.4, 0.5) is 5.69 Å². The average Bonchev–Trinajstić information content (AvgIpc) is 2.47. The van der Waals surface area contributed by atoms with E-state index in [1.54, 1.807) is 24.3 Å². The number of benzene rings is 1. The predicted octanol–water partition coefficient (Wildman–Crippen LogP) is 1.24. The number of carbonyl (C=O) groups is 2. The summed E-state index contributed by atoms with van der Waals surface area (Å²) in [6.45, 7) is 2.41. The largest absolute Gasteiger partial charge is 0.394 e. The summed E-state index contributed by atoms with van der Waals surface area (Å²) in [6, 6.07) is 8.61. The van der Waals surface area contributed by atoms with Crippen LogP contribution in [-0.4, -0.2) is 41.0 Å². The highest BCUT2D eigenvalue weighted by Crippen LogP contribution is 2.23. The van der Waals surface area contributed by atoms with Gasteiger partial charge in [-0.3, -0.25) is 9.59 Å². The molecule has 0 aliphatic carbocycles. The number of hydrogen-bond donors (Lipinski definition) is 2. The lowest BCUT2D eigenvalue weighted by Gasteiger charge is -2.38. The Hall–Kier alpha value is -1.88. The minimum atomic E-state index is -0.649. The second-order valence-corrected chi connectivity index (χ2v) is 5.19. The molecule has 2 amide bonds. The molecule has 0 radical (unpaired) electrons. The van der Waals surface area contributed by atoms with Gasteiger partial charge in [0.2, 0.25) is 0 Å². The van der Waals surface area contributed by atoms with Crippen molar-refractivity contribution in [2.24, 2.45) is 5.92 Å². The lowest BCUT2D eigenvalue weighted by Crippen LogP contribution is -2.52. The van der Waals surface area contributed by atoms with Crippen LogP contribution in [-0.2, 0) is 9.59 Å². The Balaban J connectivity index is 2.04. The van der Waals surface area contributed by atoms with Gasteiger partial charge in [0.25, 0.3) is 0 Å². The number of hydrogen-bond acceptors (Lipinski definition) is 3. The predicted molar refractivity (Wildman–Crippen MR) is 76.1 cm³/mol. The van der Waals surface area contributed by atoms with Crippen molar-refractivity contribution in [1.29, 1.82) is 0 Å². The summed E-state index contributed by atoms with van der Waals surface area (Å²) in [5.74, 6) is -1.01. The molecule has 108 valence electrons. The molecule has 0 bridgehead atoms. The third kappa shape index (κ3) is 3.17. The zero-order chi connectivity index (χ0) is 14.5. The van der Waals surface area contributed by atoms with E-state index in [-0.39, 0.29) is 18.6 Å². The Bertz CT molecular complexity index is 475. The maximum absolute atomic E-state index is 12.2. The van der Waals surface area contributed by atoms with E-state index in [1.807, 2.05) is 13.0 Å². The molecule has 1 aromatic carbocycles. The number of amides is 2. The summed E-state index contributed by atoms with van der Waals surface area (Å²) in [6.07, 6.45) is 1.83. The van der Waals surface area contributed by atoms with Crippen molar-refractivity contribution in [3.05, 3.63) is 30.3 Å². The van der Waals surface area contributed by atoms with Crippen LogP contribution in [0.2, 0.25) is 0 Å². The Morgan fingerprint density at radius 1 is 1.35 bits per heavy atom. The standard InChI is InChI=1S/C15H20N2O3/c1-11-6-5-9-17(13(11)10-18)15(20)14(19)16-12-7-3-2-4-8-12/h2-4,7-8,11,13,18H,5-6,9-10H2,1H3,(H,16,19). The van der Waals surface area contributed by atoms with Crippen molar-refractivity contribution >= 4 is 17.5 Å². The Morgan fingerprint density at radius 3 is 2.70 bits per heavy atom. The number of anilines is 1. The van der Waals surface area contributed by atoms with Crippen LogP contribution < -0.4 is 5.32 Å². The lowest BCUT2D eigenvalue weighted by atomic mass is 9.91. The maximum Gasteiger partial charge on any atom is 0.313 e. The topological polar surface area (TPSA) is 69.6 Å². The number of aliphatic hydroxyl groups is 1. The van der Waals surface area contributed by atoms with Gasteiger partial charge in [0.05, 0.1) is 12.6 Å². The molecule has 5 nitrogen and oxygen atoms in total. The van der Waals surface area contributed by atoms with Crippen LogP contribution in [0.1, 0.15) is 19.8 Å². The lowest BCUT2D eigenvalue weighted by molar-refractivity contribution is -0.147. The first-order chi connectivity index (χ1) is 9.63. The zero-order valence-electron chi connectivity index (χ0n) is 11.6. The van der Waals surface area contributed by atoms with Gasteiger partial charge in [0, 0.05) is 12.2 Å². The molecule has 2 atom stereocenters. The number of carbonyl (C=O) groups excluding carboxylic acids is 2. The summed E-state index contributed by atoms with van der Waals surface area (Å²) >= 11 is 0. The normalized spacial score (nSPS) is 22.4. The first-order valence-corrected chi connectivity index (χ1v) is 6.91. The number of para-hydroxylation sites is 1. The fraction of sp³-hybridized carbons (Fsp3) is 0.467. The second kappa shape index (κ2) is 6.52. The molecule has 2 unspecified atom stereocenters. The van der Waals surface area contributed by atoms with Crippen molar-refractivity contribution in [3.63, 3.8) is 0 Å². The van der Waals surface area contributed by atoms with Crippen LogP contribution in [0, 0.1) is 5.92 Å². The second-order valence-electron chi connectivity index (χ2n) is 5.19. The third-order valence-electron chi connectivity index (χ3n) is 3.79. The Labute approximate surface area is 118 Å². The number of piperidine rings is 1. The molecule has 2 N–H and O–H groups in total. The van der Waals surface area contributed by atoms with Gasteiger partial charge in [0.1, 0.15) is 0 Å². The van der Waals surface area contributed by atoms with E-state index in [2.05, 4.69) is 5.32 Å². The van der Waals surface area contributed by atoms with Gasteiger partial charge in [-0.2, -0.15) is 0 Å². The molecule has 20 heavy (non-hydrogen) atoms. The molecule has 2 rings (SSSR count). The fourth-order valence-electron chi connectivity index (χ4n) is 2.62. The minimum absolute atomic E-state index is 0.106. The van der Waals surface area contributed by atoms with Gasteiger partial charge < -0.3 is 15.3 Å². The molecule has 0 spiro atoms. The SMILES string of the molecule is CC1CCCN(C(=O)C(=O)Nc2ccccc2)C1CO. The summed E-state index contributed by atoms with van der Waals surface area (Å²) < 4.78 is 0. The molecule has 0 aromatic heterocycles. The summed E-state index contributed by atoms with van der Waals surface area (Å²) in [4.78, 5) is 25.7. The molecule has 1 heterocycles. The number of likely N-dealkylation sites (tertiary alicyclic amines) is 1. The molecular formula is C15H20N2O3. The van der Waals surface area contributed by atoms with E-state index in [0.717, 1.165) is 12.8 Å². The molecule has 1 aromatic rings. The van der Waals surface area contributed by atoms with Gasteiger partial charge in [-0.05, 0) is 30.9 Å². The summed E-state index contributed by atoms with van der Waals surface area (Å²) in [5, 5.41) is 12.0. The number of nitrogens with one attached hydrogen (secondary N) is 1. The van der Waals surface area contributed by atoms with E-state index >= 15 is 0 Å². The zero-order valence-corrected chi connectivity index (χ0v) is 11.6. The summed E-state index contributed by atoms with van der Waals surface area (Å²) in [5.41, 5.74) is 0.594. The smallest absolute Gasteiger partial charge is 0.313 e. The highest BCUT2D eigenvalue weighted by atomic mass is 16.3. The van der Waals surface area contributed by atoms with Gasteiger partial charge in [-0.1, -0.05) is 25.1 Å². The van der Waals surface area contributed by atoms with E-state index in [0.29, 0.717) is 12.2 Å². The highest BCUT2D eigenvalue weighted by molar-refractivity contribution is 6.39. The van der Waals surface area contributed by atoms with E-state index < -0.39 is 11.8 Å². The van der Waals surface area contributed by atoms with Crippen LogP contribution >= 0.6 is 0 Å². The molecule has 1 aliphatic rings. The first kappa shape index (κ1) is 14.5. The molecule has 0 saturated carbocycles. The van der Waals surface area contributed by atoms with E-state index in [9.17, 15) is 14.7 Å². The number of nitrogens with zero attached hydrogens (tertiary/aromatic N) is 1. The number of rotatable bonds is 2. The highest BCUT2D eigenvalue weighted by Gasteiger charge is 2.34. The van der Waals surface area contributed by atoms with Crippen molar-refractivity contribution in [2.45, 2.75) is 25.8 Å². The van der Waals surface area contributed by atoms with Crippen molar-refractivity contribution in [1.82, 2.24) is 4.90 Å². The van der Waals surface area contributed by atoms with Crippen LogP contribution in [0.3, 0.4) is 0 Å². The van der Waals surface area contributed by atoms with Crippen LogP contribution in [0.25, 0.3) is 0 Å². The molecule has 1 saturated heterocycles. The van der Waals surface area contributed by atoms with Crippen molar-refractivity contribution < 1.29 is 14.7 Å². The van der Waals surface area contributed by atoms with Crippen LogP contribution in [0.5, 0.6) is 0 Å². The monoisotopic (exact) mass is 276 g/mol. The molecule has 1 aliphatic heterocycles. The average molecular weight is 276 g/mol. The quantitative estimate of drug-likeness (QED) is 0.799. The van der Waals surface area contributed by atoms with Gasteiger partial charge in [0.15, 0.2) is 0 Å². The fourth-order valence-corrected chi connectivity index (χ4v) is 2.62. The Morgan fingerprint density at radius 2 is 2.05 bits per heavy atom. The van der Waals surface area contributed by atoms with Crippen molar-refractivity contribution in [3.8, 4) is 0 Å². The molecular weight excluding hydrogens is 256 g/mol. The molecule has 1 fully saturated rings.